The molecule has 2 aliphatic rings. The maximum atomic E-state index is 5.80. The Hall–Kier alpha value is -0.850. The molecule has 1 atom stereocenters. The molecule has 6 nitrogen and oxygen atoms in total. The molecule has 0 radical (unpaired) electrons. The molecule has 0 aromatic carbocycles. The van der Waals surface area contributed by atoms with Crippen LogP contribution in [0.25, 0.3) is 0 Å². The summed E-state index contributed by atoms with van der Waals surface area (Å²) < 4.78 is 5.80. The Morgan fingerprint density at radius 2 is 2.05 bits per heavy atom. The van der Waals surface area contributed by atoms with Crippen LogP contribution in [0.15, 0.2) is 4.99 Å². The molecule has 2 N–H and O–H groups in total. The van der Waals surface area contributed by atoms with Crippen molar-refractivity contribution in [1.82, 2.24) is 20.4 Å². The largest absolute Gasteiger partial charge is 0.373 e. The fourth-order valence-electron chi connectivity index (χ4n) is 3.12. The summed E-state index contributed by atoms with van der Waals surface area (Å²) in [7, 11) is 4.03. The molecule has 0 bridgehead atoms. The molecule has 2 saturated heterocycles. The van der Waals surface area contributed by atoms with Crippen LogP contribution >= 0.6 is 0 Å². The molecule has 0 amide bonds. The number of likely N-dealkylation sites (N-methyl/N-ethyl adjacent to an activating group) is 1. The fourth-order valence-corrected chi connectivity index (χ4v) is 3.12. The van der Waals surface area contributed by atoms with E-state index in [1.165, 1.54) is 26.1 Å². The van der Waals surface area contributed by atoms with E-state index >= 15 is 0 Å². The van der Waals surface area contributed by atoms with Crippen LogP contribution in [-0.2, 0) is 4.74 Å². The zero-order chi connectivity index (χ0) is 15.8. The SMILES string of the molecule is CN=C(NCCN1CCCN(C)CC1)NCC1(C)CCCO1. The van der Waals surface area contributed by atoms with Crippen LogP contribution in [0.2, 0.25) is 0 Å². The van der Waals surface area contributed by atoms with E-state index < -0.39 is 0 Å². The summed E-state index contributed by atoms with van der Waals surface area (Å²) >= 11 is 0. The molecule has 0 saturated carbocycles. The summed E-state index contributed by atoms with van der Waals surface area (Å²) in [6.07, 6.45) is 3.55. The average molecular weight is 311 g/mol. The lowest BCUT2D eigenvalue weighted by atomic mass is 10.0. The highest BCUT2D eigenvalue weighted by Crippen LogP contribution is 2.23. The summed E-state index contributed by atoms with van der Waals surface area (Å²) in [5.74, 6) is 0.878. The van der Waals surface area contributed by atoms with E-state index in [1.54, 1.807) is 0 Å². The second-order valence-corrected chi connectivity index (χ2v) is 6.75. The molecule has 0 aromatic heterocycles. The van der Waals surface area contributed by atoms with E-state index in [0.717, 1.165) is 51.6 Å². The summed E-state index contributed by atoms with van der Waals surface area (Å²) in [6.45, 7) is 10.6. The van der Waals surface area contributed by atoms with Gasteiger partial charge < -0.3 is 25.2 Å². The van der Waals surface area contributed by atoms with Crippen LogP contribution in [0, 0.1) is 0 Å². The van der Waals surface area contributed by atoms with E-state index in [-0.39, 0.29) is 5.60 Å². The lowest BCUT2D eigenvalue weighted by Crippen LogP contribution is -2.47. The monoisotopic (exact) mass is 311 g/mol. The first-order valence-corrected chi connectivity index (χ1v) is 8.61. The van der Waals surface area contributed by atoms with Gasteiger partial charge >= 0.3 is 0 Å². The Morgan fingerprint density at radius 3 is 2.77 bits per heavy atom. The minimum atomic E-state index is -0.0347. The topological polar surface area (TPSA) is 52.1 Å². The predicted octanol–water partition coefficient (Wildman–Crippen LogP) is 0.358. The number of ether oxygens (including phenoxy) is 1. The number of guanidine groups is 1. The maximum Gasteiger partial charge on any atom is 0.191 e. The second kappa shape index (κ2) is 8.70. The third-order valence-electron chi connectivity index (χ3n) is 4.69. The molecular formula is C16H33N5O. The Labute approximate surface area is 135 Å². The van der Waals surface area contributed by atoms with Crippen LogP contribution in [0.4, 0.5) is 0 Å². The first-order chi connectivity index (χ1) is 10.6. The summed E-state index contributed by atoms with van der Waals surface area (Å²) in [5, 5.41) is 6.81. The standard InChI is InChI=1S/C16H33N5O/c1-16(6-4-13-22-16)14-19-15(17-2)18-7-10-21-9-5-8-20(3)11-12-21/h4-14H2,1-3H3,(H2,17,18,19). The number of hydrogen-bond donors (Lipinski definition) is 2. The van der Waals surface area contributed by atoms with Crippen molar-refractivity contribution < 1.29 is 4.74 Å². The van der Waals surface area contributed by atoms with Crippen LogP contribution in [-0.4, -0.2) is 87.9 Å². The minimum Gasteiger partial charge on any atom is -0.373 e. The molecule has 128 valence electrons. The van der Waals surface area contributed by atoms with E-state index in [9.17, 15) is 0 Å². The lowest BCUT2D eigenvalue weighted by Gasteiger charge is -2.25. The Balaban J connectivity index is 1.63. The number of nitrogens with zero attached hydrogens (tertiary/aromatic N) is 3. The molecule has 2 rings (SSSR count). The van der Waals surface area contributed by atoms with E-state index in [0.29, 0.717) is 0 Å². The van der Waals surface area contributed by atoms with Gasteiger partial charge in [-0.1, -0.05) is 0 Å². The number of aliphatic imine (C=N–C) groups is 1. The molecular weight excluding hydrogens is 278 g/mol. The van der Waals surface area contributed by atoms with Gasteiger partial charge in [0.15, 0.2) is 5.96 Å². The van der Waals surface area contributed by atoms with Gasteiger partial charge in [0.1, 0.15) is 0 Å². The molecule has 2 fully saturated rings. The molecule has 2 aliphatic heterocycles. The third kappa shape index (κ3) is 5.74. The molecule has 0 spiro atoms. The van der Waals surface area contributed by atoms with Crippen molar-refractivity contribution >= 4 is 5.96 Å². The quantitative estimate of drug-likeness (QED) is 0.567. The van der Waals surface area contributed by atoms with Gasteiger partial charge in [0.25, 0.3) is 0 Å². The highest BCUT2D eigenvalue weighted by molar-refractivity contribution is 5.79. The van der Waals surface area contributed by atoms with Gasteiger partial charge in [0.05, 0.1) is 5.60 Å². The molecule has 2 heterocycles. The number of hydrogen-bond acceptors (Lipinski definition) is 4. The van der Waals surface area contributed by atoms with Crippen LogP contribution in [0.5, 0.6) is 0 Å². The fraction of sp³-hybridized carbons (Fsp3) is 0.938. The molecule has 6 heteroatoms. The summed E-state index contributed by atoms with van der Waals surface area (Å²) in [6, 6.07) is 0. The first kappa shape index (κ1) is 17.5. The Bertz CT molecular complexity index is 354. The van der Waals surface area contributed by atoms with Gasteiger partial charge in [0.2, 0.25) is 0 Å². The van der Waals surface area contributed by atoms with Gasteiger partial charge in [-0.3, -0.25) is 4.99 Å². The second-order valence-electron chi connectivity index (χ2n) is 6.75. The van der Waals surface area contributed by atoms with Gasteiger partial charge in [-0.15, -0.1) is 0 Å². The third-order valence-corrected chi connectivity index (χ3v) is 4.69. The molecule has 0 aliphatic carbocycles. The minimum absolute atomic E-state index is 0.0347. The van der Waals surface area contributed by atoms with Crippen molar-refractivity contribution in [3.63, 3.8) is 0 Å². The van der Waals surface area contributed by atoms with Crippen molar-refractivity contribution in [2.24, 2.45) is 4.99 Å². The summed E-state index contributed by atoms with van der Waals surface area (Å²) in [5.41, 5.74) is -0.0347. The highest BCUT2D eigenvalue weighted by atomic mass is 16.5. The highest BCUT2D eigenvalue weighted by Gasteiger charge is 2.29. The van der Waals surface area contributed by atoms with Crippen LogP contribution in [0.1, 0.15) is 26.2 Å². The molecule has 22 heavy (non-hydrogen) atoms. The van der Waals surface area contributed by atoms with Crippen molar-refractivity contribution in [2.75, 3.05) is 66.5 Å². The van der Waals surface area contributed by atoms with Crippen molar-refractivity contribution in [3.8, 4) is 0 Å². The van der Waals surface area contributed by atoms with E-state index in [4.69, 9.17) is 4.74 Å². The van der Waals surface area contributed by atoms with Crippen molar-refractivity contribution in [2.45, 2.75) is 31.8 Å². The molecule has 0 aromatic rings. The normalized spacial score (nSPS) is 28.6. The number of rotatable bonds is 5. The van der Waals surface area contributed by atoms with Gasteiger partial charge in [-0.05, 0) is 46.3 Å². The smallest absolute Gasteiger partial charge is 0.191 e. The van der Waals surface area contributed by atoms with Crippen molar-refractivity contribution in [3.05, 3.63) is 0 Å². The van der Waals surface area contributed by atoms with Crippen LogP contribution in [0.3, 0.4) is 0 Å². The lowest BCUT2D eigenvalue weighted by molar-refractivity contribution is 0.0243. The van der Waals surface area contributed by atoms with E-state index in [2.05, 4.69) is 39.4 Å². The summed E-state index contributed by atoms with van der Waals surface area (Å²) in [4.78, 5) is 9.25. The maximum absolute atomic E-state index is 5.80. The first-order valence-electron chi connectivity index (χ1n) is 8.61. The van der Waals surface area contributed by atoms with Crippen LogP contribution < -0.4 is 10.6 Å². The number of nitrogens with one attached hydrogen (secondary N) is 2. The van der Waals surface area contributed by atoms with Gasteiger partial charge in [0, 0.05) is 46.4 Å². The predicted molar refractivity (Wildman–Crippen MR) is 91.5 cm³/mol. The van der Waals surface area contributed by atoms with E-state index in [1.807, 2.05) is 7.05 Å². The zero-order valence-corrected chi connectivity index (χ0v) is 14.5. The Kier molecular flexibility index (Phi) is 6.92. The molecule has 1 unspecified atom stereocenters. The zero-order valence-electron chi connectivity index (χ0n) is 14.5. The van der Waals surface area contributed by atoms with Gasteiger partial charge in [-0.2, -0.15) is 0 Å². The van der Waals surface area contributed by atoms with Crippen molar-refractivity contribution in [1.29, 1.82) is 0 Å². The Morgan fingerprint density at radius 1 is 1.18 bits per heavy atom. The average Bonchev–Trinajstić information content (AvgIpc) is 2.83. The van der Waals surface area contributed by atoms with Gasteiger partial charge in [-0.25, -0.2) is 0 Å².